The van der Waals surface area contributed by atoms with Gasteiger partial charge >= 0.3 is 0 Å². The summed E-state index contributed by atoms with van der Waals surface area (Å²) in [5, 5.41) is 7.00. The number of carbonyl (C=O) groups excluding carboxylic acids is 2. The summed E-state index contributed by atoms with van der Waals surface area (Å²) in [6.45, 7) is 8.56. The molecule has 2 amide bonds. The topological polar surface area (TPSA) is 93.4 Å². The van der Waals surface area contributed by atoms with Gasteiger partial charge in [0.05, 0.1) is 10.6 Å². The van der Waals surface area contributed by atoms with E-state index in [4.69, 9.17) is 22.1 Å². The van der Waals surface area contributed by atoms with Crippen LogP contribution in [0.25, 0.3) is 0 Å². The van der Waals surface area contributed by atoms with Crippen molar-refractivity contribution in [3.8, 4) is 11.5 Å². The third-order valence-electron chi connectivity index (χ3n) is 5.09. The molecule has 1 aliphatic heterocycles. The number of para-hydroxylation sites is 1. The molecule has 1 saturated heterocycles. The summed E-state index contributed by atoms with van der Waals surface area (Å²) in [5.74, 6) is -0.126. The Morgan fingerprint density at radius 3 is 2.30 bits per heavy atom. The number of hydrogen-bond acceptors (Lipinski definition) is 4. The molecule has 3 rings (SSSR count). The maximum absolute atomic E-state index is 12.8. The van der Waals surface area contributed by atoms with Gasteiger partial charge in [-0.2, -0.15) is 0 Å². The molecule has 1 heterocycles. The van der Waals surface area contributed by atoms with Crippen molar-refractivity contribution in [2.45, 2.75) is 57.7 Å². The number of benzene rings is 2. The summed E-state index contributed by atoms with van der Waals surface area (Å²) in [6.07, 6.45) is 1.67. The Labute approximate surface area is 182 Å². The summed E-state index contributed by atoms with van der Waals surface area (Å²) in [4.78, 5) is 24.4. The molecule has 160 valence electrons. The minimum atomic E-state index is -0.592. The molecule has 7 heteroatoms. The molecule has 0 aromatic heterocycles. The second-order valence-corrected chi connectivity index (χ2v) is 9.49. The van der Waals surface area contributed by atoms with Crippen LogP contribution in [0.2, 0.25) is 5.02 Å². The van der Waals surface area contributed by atoms with Crippen LogP contribution < -0.4 is 21.1 Å². The normalized spacial score (nSPS) is 17.9. The van der Waals surface area contributed by atoms with Crippen LogP contribution in [0.1, 0.15) is 61.3 Å². The Morgan fingerprint density at radius 1 is 1.07 bits per heavy atom. The summed E-state index contributed by atoms with van der Waals surface area (Å²) in [5.41, 5.74) is 5.96. The van der Waals surface area contributed by atoms with Gasteiger partial charge in [0.1, 0.15) is 11.5 Å². The highest BCUT2D eigenvalue weighted by molar-refractivity contribution is 6.32. The van der Waals surface area contributed by atoms with Crippen molar-refractivity contribution >= 4 is 23.4 Å². The summed E-state index contributed by atoms with van der Waals surface area (Å²) < 4.78 is 5.77. The van der Waals surface area contributed by atoms with Crippen molar-refractivity contribution in [1.29, 1.82) is 0 Å². The predicted molar refractivity (Wildman–Crippen MR) is 118 cm³/mol. The fraction of sp³-hybridized carbons (Fsp3) is 0.391. The van der Waals surface area contributed by atoms with E-state index in [1.165, 1.54) is 0 Å². The Kier molecular flexibility index (Phi) is 6.11. The lowest BCUT2D eigenvalue weighted by Gasteiger charge is -2.46. The van der Waals surface area contributed by atoms with E-state index in [1.54, 1.807) is 42.5 Å². The van der Waals surface area contributed by atoms with Crippen molar-refractivity contribution in [2.24, 2.45) is 5.73 Å². The molecule has 4 N–H and O–H groups in total. The number of primary amides is 1. The third-order valence-corrected chi connectivity index (χ3v) is 5.39. The number of ether oxygens (including phenoxy) is 1. The number of hydrogen-bond donors (Lipinski definition) is 3. The van der Waals surface area contributed by atoms with E-state index in [0.29, 0.717) is 17.1 Å². The molecule has 0 radical (unpaired) electrons. The monoisotopic (exact) mass is 429 g/mol. The van der Waals surface area contributed by atoms with Crippen LogP contribution in [0.3, 0.4) is 0 Å². The molecule has 0 aliphatic carbocycles. The number of piperidine rings is 1. The van der Waals surface area contributed by atoms with Crippen LogP contribution in [-0.2, 0) is 0 Å². The van der Waals surface area contributed by atoms with Gasteiger partial charge in [-0.25, -0.2) is 0 Å². The van der Waals surface area contributed by atoms with Crippen LogP contribution >= 0.6 is 11.6 Å². The molecule has 1 aliphatic rings. The van der Waals surface area contributed by atoms with Crippen molar-refractivity contribution in [1.82, 2.24) is 10.6 Å². The summed E-state index contributed by atoms with van der Waals surface area (Å²) in [6, 6.07) is 11.5. The number of amides is 2. The number of carbonyl (C=O) groups is 2. The Hall–Kier alpha value is -2.57. The lowest BCUT2D eigenvalue weighted by atomic mass is 9.79. The molecular weight excluding hydrogens is 402 g/mol. The van der Waals surface area contributed by atoms with E-state index in [2.05, 4.69) is 38.3 Å². The summed E-state index contributed by atoms with van der Waals surface area (Å²) >= 11 is 6.36. The van der Waals surface area contributed by atoms with E-state index < -0.39 is 5.91 Å². The molecule has 2 aromatic carbocycles. The zero-order valence-electron chi connectivity index (χ0n) is 17.7. The molecule has 6 nitrogen and oxygen atoms in total. The van der Waals surface area contributed by atoms with Gasteiger partial charge in [0.2, 0.25) is 0 Å². The quantitative estimate of drug-likeness (QED) is 0.661. The second kappa shape index (κ2) is 8.28. The first kappa shape index (κ1) is 22.1. The van der Waals surface area contributed by atoms with Gasteiger partial charge in [-0.15, -0.1) is 0 Å². The van der Waals surface area contributed by atoms with Crippen LogP contribution in [0, 0.1) is 0 Å². The minimum absolute atomic E-state index is 0.0564. The molecule has 0 unspecified atom stereocenters. The van der Waals surface area contributed by atoms with Gasteiger partial charge in [-0.1, -0.05) is 23.7 Å². The highest BCUT2D eigenvalue weighted by Crippen LogP contribution is 2.32. The molecule has 30 heavy (non-hydrogen) atoms. The van der Waals surface area contributed by atoms with Crippen molar-refractivity contribution in [3.05, 3.63) is 58.6 Å². The highest BCUT2D eigenvalue weighted by Gasteiger charge is 2.38. The predicted octanol–water partition coefficient (Wildman–Crippen LogP) is 4.27. The van der Waals surface area contributed by atoms with E-state index in [1.807, 2.05) is 0 Å². The molecule has 0 atom stereocenters. The third kappa shape index (κ3) is 5.32. The van der Waals surface area contributed by atoms with Crippen molar-refractivity contribution in [3.63, 3.8) is 0 Å². The van der Waals surface area contributed by atoms with E-state index >= 15 is 0 Å². The van der Waals surface area contributed by atoms with Gasteiger partial charge in [0, 0.05) is 22.7 Å². The first-order valence-corrected chi connectivity index (χ1v) is 10.3. The van der Waals surface area contributed by atoms with Crippen molar-refractivity contribution in [2.75, 3.05) is 0 Å². The van der Waals surface area contributed by atoms with E-state index in [0.717, 1.165) is 12.8 Å². The van der Waals surface area contributed by atoms with Gasteiger partial charge < -0.3 is 21.1 Å². The Morgan fingerprint density at radius 2 is 1.70 bits per heavy atom. The molecular formula is C23H28ClN3O3. The van der Waals surface area contributed by atoms with Crippen LogP contribution in [0.4, 0.5) is 0 Å². The number of halogens is 1. The smallest absolute Gasteiger partial charge is 0.252 e. The average molecular weight is 430 g/mol. The Bertz CT molecular complexity index is 956. The molecule has 1 fully saturated rings. The highest BCUT2D eigenvalue weighted by atomic mass is 35.5. The molecule has 2 aromatic rings. The Balaban J connectivity index is 1.74. The first-order valence-electron chi connectivity index (χ1n) is 9.92. The molecule has 0 bridgehead atoms. The molecule has 0 spiro atoms. The first-order chi connectivity index (χ1) is 14.0. The van der Waals surface area contributed by atoms with Gasteiger partial charge in [-0.3, -0.25) is 9.59 Å². The number of nitrogens with one attached hydrogen (secondary N) is 2. The van der Waals surface area contributed by atoms with Crippen LogP contribution in [0.15, 0.2) is 42.5 Å². The van der Waals surface area contributed by atoms with E-state index in [9.17, 15) is 9.59 Å². The largest absolute Gasteiger partial charge is 0.455 e. The van der Waals surface area contributed by atoms with Crippen LogP contribution in [-0.4, -0.2) is 28.9 Å². The van der Waals surface area contributed by atoms with Gasteiger partial charge in [0.25, 0.3) is 11.8 Å². The standard InChI is InChI=1S/C23H28ClN3O3/c1-22(2)12-15(13-23(3,4)27-22)26-21(29)14-9-10-19(17(24)11-14)30-18-8-6-5-7-16(18)20(25)28/h5-11,15,27H,12-13H2,1-4H3,(H2,25,28)(H,26,29). The molecule has 0 saturated carbocycles. The maximum atomic E-state index is 12.8. The lowest BCUT2D eigenvalue weighted by molar-refractivity contribution is 0.0872. The second-order valence-electron chi connectivity index (χ2n) is 9.08. The zero-order chi connectivity index (χ0) is 22.1. The maximum Gasteiger partial charge on any atom is 0.252 e. The number of rotatable bonds is 5. The average Bonchev–Trinajstić information content (AvgIpc) is 2.60. The van der Waals surface area contributed by atoms with E-state index in [-0.39, 0.29) is 33.6 Å². The zero-order valence-corrected chi connectivity index (χ0v) is 18.5. The van der Waals surface area contributed by atoms with Gasteiger partial charge in [0.15, 0.2) is 0 Å². The van der Waals surface area contributed by atoms with Crippen LogP contribution in [0.5, 0.6) is 11.5 Å². The fourth-order valence-corrected chi connectivity index (χ4v) is 4.51. The number of nitrogens with two attached hydrogens (primary N) is 1. The van der Waals surface area contributed by atoms with Crippen molar-refractivity contribution < 1.29 is 14.3 Å². The fourth-order valence-electron chi connectivity index (χ4n) is 4.30. The van der Waals surface area contributed by atoms with Gasteiger partial charge in [-0.05, 0) is 70.9 Å². The lowest BCUT2D eigenvalue weighted by Crippen LogP contribution is -2.62. The SMILES string of the molecule is CC1(C)CC(NC(=O)c2ccc(Oc3ccccc3C(N)=O)c(Cl)c2)CC(C)(C)N1. The summed E-state index contributed by atoms with van der Waals surface area (Å²) in [7, 11) is 0. The minimum Gasteiger partial charge on any atom is -0.455 e.